The summed E-state index contributed by atoms with van der Waals surface area (Å²) in [6.45, 7) is 16.5. The van der Waals surface area contributed by atoms with Crippen molar-refractivity contribution < 1.29 is 0 Å². The predicted octanol–water partition coefficient (Wildman–Crippen LogP) is 14.7. The second kappa shape index (κ2) is 12.2. The highest BCUT2D eigenvalue weighted by Crippen LogP contribution is 2.53. The van der Waals surface area contributed by atoms with Gasteiger partial charge in [-0.15, -0.1) is 0 Å². The first-order chi connectivity index (χ1) is 26.9. The Hall–Kier alpha value is -6.12. The first-order valence-corrected chi connectivity index (χ1v) is 20.0. The third-order valence-electron chi connectivity index (χ3n) is 12.7. The van der Waals surface area contributed by atoms with E-state index in [0.29, 0.717) is 0 Å². The molecule has 0 radical (unpaired) electrons. The van der Waals surface area contributed by atoms with E-state index >= 15 is 0 Å². The summed E-state index contributed by atoms with van der Waals surface area (Å²) in [6, 6.07) is 61.1. The van der Waals surface area contributed by atoms with Gasteiger partial charge in [-0.2, -0.15) is 0 Å². The van der Waals surface area contributed by atoms with E-state index in [1.165, 1.54) is 89.3 Å². The lowest BCUT2D eigenvalue weighted by Gasteiger charge is -2.30. The van der Waals surface area contributed by atoms with E-state index in [4.69, 9.17) is 0 Å². The van der Waals surface area contributed by atoms with Crippen molar-refractivity contribution in [3.63, 3.8) is 0 Å². The van der Waals surface area contributed by atoms with Crippen LogP contribution in [0.5, 0.6) is 0 Å². The van der Waals surface area contributed by atoms with Gasteiger partial charge in [0.05, 0.1) is 5.52 Å². The standard InChI is InChI=1S/C54H48N2/c1-52(2,3)51-50(44-21-13-16-24-49(44)56(51)36-17-9-8-10-18-36)35-25-27-37(28-26-35)55(38-29-31-42-40-19-11-14-22-45(40)53(4,5)47(42)33-38)39-30-32-43-41-20-12-15-23-46(41)54(6,7)48(43)34-39/h8-34H,1-7H3. The van der Waals surface area contributed by atoms with Gasteiger partial charge in [-0.05, 0) is 105 Å². The average Bonchev–Trinajstić information content (AvgIpc) is 3.77. The molecule has 0 amide bonds. The van der Waals surface area contributed by atoms with Crippen molar-refractivity contribution in [2.45, 2.75) is 64.7 Å². The van der Waals surface area contributed by atoms with Gasteiger partial charge in [-0.3, -0.25) is 0 Å². The zero-order valence-corrected chi connectivity index (χ0v) is 33.5. The van der Waals surface area contributed by atoms with Crippen molar-refractivity contribution >= 4 is 28.0 Å². The second-order valence-electron chi connectivity index (χ2n) is 17.8. The molecule has 2 nitrogen and oxygen atoms in total. The lowest BCUT2D eigenvalue weighted by atomic mass is 9.82. The zero-order chi connectivity index (χ0) is 38.6. The lowest BCUT2D eigenvalue weighted by molar-refractivity contribution is 0.561. The van der Waals surface area contributed by atoms with Gasteiger partial charge in [0.25, 0.3) is 0 Å². The summed E-state index contributed by atoms with van der Waals surface area (Å²) in [6.07, 6.45) is 0. The molecule has 8 aromatic rings. The third kappa shape index (κ3) is 5.01. The normalized spacial score (nSPS) is 14.6. The minimum absolute atomic E-state index is 0.102. The molecule has 10 rings (SSSR count). The summed E-state index contributed by atoms with van der Waals surface area (Å²) >= 11 is 0. The quantitative estimate of drug-likeness (QED) is 0.172. The Morgan fingerprint density at radius 2 is 0.911 bits per heavy atom. The molecule has 0 N–H and O–H groups in total. The van der Waals surface area contributed by atoms with Crippen LogP contribution in [0.25, 0.3) is 50.0 Å². The first-order valence-electron chi connectivity index (χ1n) is 20.0. The van der Waals surface area contributed by atoms with Crippen molar-refractivity contribution in [1.29, 1.82) is 0 Å². The van der Waals surface area contributed by atoms with Crippen LogP contribution in [0, 0.1) is 0 Å². The van der Waals surface area contributed by atoms with E-state index in [-0.39, 0.29) is 16.2 Å². The molecular formula is C54H48N2. The molecule has 1 aromatic heterocycles. The Morgan fingerprint density at radius 3 is 1.46 bits per heavy atom. The van der Waals surface area contributed by atoms with E-state index in [9.17, 15) is 0 Å². The predicted molar refractivity (Wildman–Crippen MR) is 237 cm³/mol. The molecule has 2 aliphatic carbocycles. The molecule has 0 saturated heterocycles. The molecule has 0 atom stereocenters. The number of para-hydroxylation sites is 2. The van der Waals surface area contributed by atoms with Crippen LogP contribution in [-0.4, -0.2) is 4.57 Å². The highest BCUT2D eigenvalue weighted by molar-refractivity contribution is 6.00. The molecule has 1 heterocycles. The van der Waals surface area contributed by atoms with Crippen LogP contribution in [-0.2, 0) is 16.2 Å². The van der Waals surface area contributed by atoms with Crippen LogP contribution in [0.15, 0.2) is 164 Å². The van der Waals surface area contributed by atoms with Gasteiger partial charge in [-0.1, -0.05) is 158 Å². The number of anilines is 3. The molecule has 7 aromatic carbocycles. The SMILES string of the molecule is CC(C)(C)c1c(-c2ccc(N(c3ccc4c(c3)C(C)(C)c3ccccc3-4)c3ccc4c(c3)C(C)(C)c3ccccc3-4)cc2)c2ccccc2n1-c1ccccc1. The van der Waals surface area contributed by atoms with Crippen molar-refractivity contribution in [3.8, 4) is 39.1 Å². The van der Waals surface area contributed by atoms with E-state index < -0.39 is 0 Å². The van der Waals surface area contributed by atoms with Gasteiger partial charge in [0.15, 0.2) is 0 Å². The van der Waals surface area contributed by atoms with Gasteiger partial charge in [-0.25, -0.2) is 0 Å². The molecule has 0 aliphatic heterocycles. The largest absolute Gasteiger partial charge is 0.312 e. The minimum atomic E-state index is -0.113. The van der Waals surface area contributed by atoms with Crippen molar-refractivity contribution in [2.75, 3.05) is 4.90 Å². The van der Waals surface area contributed by atoms with Crippen molar-refractivity contribution in [3.05, 3.63) is 192 Å². The highest BCUT2D eigenvalue weighted by atomic mass is 15.1. The Labute approximate surface area is 331 Å². The summed E-state index contributed by atoms with van der Waals surface area (Å²) < 4.78 is 2.47. The van der Waals surface area contributed by atoms with Crippen LogP contribution in [0.3, 0.4) is 0 Å². The third-order valence-corrected chi connectivity index (χ3v) is 12.7. The molecule has 0 fully saturated rings. The summed E-state index contributed by atoms with van der Waals surface area (Å²) in [5.41, 5.74) is 20.3. The Morgan fingerprint density at radius 1 is 0.446 bits per heavy atom. The molecule has 2 aliphatic rings. The lowest BCUT2D eigenvalue weighted by Crippen LogP contribution is -2.18. The molecular weight excluding hydrogens is 677 g/mol. The van der Waals surface area contributed by atoms with Crippen LogP contribution < -0.4 is 4.90 Å². The molecule has 0 unspecified atom stereocenters. The van der Waals surface area contributed by atoms with Crippen LogP contribution in [0.1, 0.15) is 76.4 Å². The maximum absolute atomic E-state index is 2.47. The summed E-state index contributed by atoms with van der Waals surface area (Å²) in [5, 5.41) is 1.27. The van der Waals surface area contributed by atoms with E-state index in [2.05, 4.69) is 222 Å². The van der Waals surface area contributed by atoms with Gasteiger partial charge in [0, 0.05) is 55.6 Å². The number of fused-ring (bicyclic) bond motifs is 7. The monoisotopic (exact) mass is 724 g/mol. The average molecular weight is 725 g/mol. The van der Waals surface area contributed by atoms with Gasteiger partial charge in [0.2, 0.25) is 0 Å². The highest BCUT2D eigenvalue weighted by Gasteiger charge is 2.38. The summed E-state index contributed by atoms with van der Waals surface area (Å²) in [5.74, 6) is 0. The van der Waals surface area contributed by atoms with E-state index in [1.54, 1.807) is 0 Å². The fraction of sp³-hybridized carbons (Fsp3) is 0.185. The Kier molecular flexibility index (Phi) is 7.48. The molecule has 2 heteroatoms. The number of benzene rings is 7. The topological polar surface area (TPSA) is 8.17 Å². The number of aromatic nitrogens is 1. The minimum Gasteiger partial charge on any atom is -0.312 e. The van der Waals surface area contributed by atoms with Gasteiger partial charge < -0.3 is 9.47 Å². The van der Waals surface area contributed by atoms with Crippen LogP contribution in [0.4, 0.5) is 17.1 Å². The van der Waals surface area contributed by atoms with Crippen LogP contribution in [0.2, 0.25) is 0 Å². The summed E-state index contributed by atoms with van der Waals surface area (Å²) in [4.78, 5) is 2.47. The number of rotatable bonds is 5. The van der Waals surface area contributed by atoms with E-state index in [1.807, 2.05) is 0 Å². The Balaban J connectivity index is 1.16. The zero-order valence-electron chi connectivity index (χ0n) is 33.5. The maximum atomic E-state index is 2.47. The molecule has 56 heavy (non-hydrogen) atoms. The molecule has 0 saturated carbocycles. The van der Waals surface area contributed by atoms with Crippen LogP contribution >= 0.6 is 0 Å². The molecule has 0 spiro atoms. The smallest absolute Gasteiger partial charge is 0.0538 e. The van der Waals surface area contributed by atoms with Crippen molar-refractivity contribution in [1.82, 2.24) is 4.57 Å². The van der Waals surface area contributed by atoms with E-state index in [0.717, 1.165) is 5.69 Å². The Bertz CT molecular complexity index is 2720. The second-order valence-corrected chi connectivity index (χ2v) is 17.8. The maximum Gasteiger partial charge on any atom is 0.0538 e. The molecule has 0 bridgehead atoms. The first kappa shape index (κ1) is 34.4. The van der Waals surface area contributed by atoms with Crippen molar-refractivity contribution in [2.24, 2.45) is 0 Å². The molecule has 274 valence electrons. The number of nitrogens with zero attached hydrogens (tertiary/aromatic N) is 2. The number of hydrogen-bond acceptors (Lipinski definition) is 1. The summed E-state index contributed by atoms with van der Waals surface area (Å²) in [7, 11) is 0. The van der Waals surface area contributed by atoms with Gasteiger partial charge in [0.1, 0.15) is 0 Å². The van der Waals surface area contributed by atoms with Gasteiger partial charge >= 0.3 is 0 Å². The fourth-order valence-corrected chi connectivity index (χ4v) is 9.97. The number of hydrogen-bond donors (Lipinski definition) is 0. The fourth-order valence-electron chi connectivity index (χ4n) is 9.97.